The van der Waals surface area contributed by atoms with Crippen LogP contribution in [0.3, 0.4) is 0 Å². The molecule has 1 rings (SSSR count). The maximum atomic E-state index is 10.7. The number of aromatic amines is 1. The first-order chi connectivity index (χ1) is 5.25. The molecule has 0 aromatic carbocycles. The van der Waals surface area contributed by atoms with Crippen molar-refractivity contribution in [3.63, 3.8) is 0 Å². The molecule has 1 aromatic heterocycles. The predicted octanol–water partition coefficient (Wildman–Crippen LogP) is -0.601. The molecular weight excluding hydrogens is 166 g/mol. The van der Waals surface area contributed by atoms with Crippen LogP contribution in [0.5, 0.6) is 0 Å². The Morgan fingerprint density at radius 1 is 1.82 bits per heavy atom. The fourth-order valence-corrected chi connectivity index (χ4v) is 1.17. The number of carbonyl (C=O) groups excluding carboxylic acids is 1. The van der Waals surface area contributed by atoms with Gasteiger partial charge in [-0.25, -0.2) is 9.89 Å². The molecule has 0 bridgehead atoms. The fraction of sp³-hybridized carbons (Fsp3) is 0.400. The van der Waals surface area contributed by atoms with Crippen LogP contribution >= 0.6 is 11.8 Å². The van der Waals surface area contributed by atoms with Gasteiger partial charge in [0.1, 0.15) is 6.29 Å². The number of hydrogen-bond acceptors (Lipinski definition) is 4. The Hall–Kier alpha value is -1.04. The van der Waals surface area contributed by atoms with Crippen molar-refractivity contribution in [2.24, 2.45) is 7.05 Å². The second kappa shape index (κ2) is 3.38. The maximum absolute atomic E-state index is 10.7. The second-order valence-corrected chi connectivity index (χ2v) is 2.84. The van der Waals surface area contributed by atoms with E-state index in [9.17, 15) is 9.59 Å². The largest absolute Gasteiger partial charge is 0.343 e. The molecule has 1 heterocycles. The van der Waals surface area contributed by atoms with Gasteiger partial charge >= 0.3 is 5.69 Å². The van der Waals surface area contributed by atoms with Crippen LogP contribution in [0.2, 0.25) is 0 Å². The SMILES string of the molecule is Cn1c(SCC=O)n[nH]c1=O. The van der Waals surface area contributed by atoms with Crippen molar-refractivity contribution in [2.75, 3.05) is 5.75 Å². The molecule has 1 N–H and O–H groups in total. The zero-order valence-electron chi connectivity index (χ0n) is 5.90. The second-order valence-electron chi connectivity index (χ2n) is 1.85. The van der Waals surface area contributed by atoms with Crippen molar-refractivity contribution >= 4 is 18.0 Å². The zero-order chi connectivity index (χ0) is 8.27. The third-order valence-corrected chi connectivity index (χ3v) is 2.05. The van der Waals surface area contributed by atoms with Gasteiger partial charge in [-0.2, -0.15) is 0 Å². The van der Waals surface area contributed by atoms with Gasteiger partial charge in [-0.1, -0.05) is 11.8 Å². The molecule has 0 saturated heterocycles. The van der Waals surface area contributed by atoms with Gasteiger partial charge in [-0.3, -0.25) is 4.57 Å². The van der Waals surface area contributed by atoms with Crippen LogP contribution < -0.4 is 5.69 Å². The van der Waals surface area contributed by atoms with Gasteiger partial charge in [-0.15, -0.1) is 5.10 Å². The lowest BCUT2D eigenvalue weighted by Gasteiger charge is -1.92. The van der Waals surface area contributed by atoms with Crippen molar-refractivity contribution in [1.82, 2.24) is 14.8 Å². The van der Waals surface area contributed by atoms with Gasteiger partial charge in [0.25, 0.3) is 0 Å². The van der Waals surface area contributed by atoms with Gasteiger partial charge in [-0.05, 0) is 0 Å². The van der Waals surface area contributed by atoms with Crippen LogP contribution in [-0.4, -0.2) is 26.8 Å². The van der Waals surface area contributed by atoms with Crippen LogP contribution in [0.1, 0.15) is 0 Å². The Balaban J connectivity index is 2.78. The first-order valence-electron chi connectivity index (χ1n) is 2.93. The number of carbonyl (C=O) groups is 1. The summed E-state index contributed by atoms with van der Waals surface area (Å²) in [4.78, 5) is 20.7. The highest BCUT2D eigenvalue weighted by Crippen LogP contribution is 2.08. The molecule has 0 atom stereocenters. The molecule has 11 heavy (non-hydrogen) atoms. The molecule has 0 unspecified atom stereocenters. The van der Waals surface area contributed by atoms with Crippen molar-refractivity contribution < 1.29 is 4.79 Å². The Morgan fingerprint density at radius 2 is 2.55 bits per heavy atom. The number of aldehydes is 1. The number of thioether (sulfide) groups is 1. The predicted molar refractivity (Wildman–Crippen MR) is 40.6 cm³/mol. The first-order valence-corrected chi connectivity index (χ1v) is 3.92. The summed E-state index contributed by atoms with van der Waals surface area (Å²) in [5, 5.41) is 6.48. The third-order valence-electron chi connectivity index (χ3n) is 1.12. The molecule has 0 fully saturated rings. The Labute approximate surface area is 66.8 Å². The summed E-state index contributed by atoms with van der Waals surface area (Å²) in [5.74, 6) is 0.318. The van der Waals surface area contributed by atoms with Gasteiger partial charge in [0.15, 0.2) is 5.16 Å². The highest BCUT2D eigenvalue weighted by atomic mass is 32.2. The summed E-state index contributed by atoms with van der Waals surface area (Å²) >= 11 is 1.22. The number of aromatic nitrogens is 3. The summed E-state index contributed by atoms with van der Waals surface area (Å²) in [6.45, 7) is 0. The van der Waals surface area contributed by atoms with Gasteiger partial charge in [0.05, 0.1) is 5.75 Å². The van der Waals surface area contributed by atoms with Crippen molar-refractivity contribution in [3.8, 4) is 0 Å². The molecule has 5 nitrogen and oxygen atoms in total. The van der Waals surface area contributed by atoms with E-state index in [0.29, 0.717) is 10.9 Å². The van der Waals surface area contributed by atoms with Crippen molar-refractivity contribution in [2.45, 2.75) is 5.16 Å². The highest BCUT2D eigenvalue weighted by Gasteiger charge is 2.02. The van der Waals surface area contributed by atoms with Crippen LogP contribution in [0.15, 0.2) is 9.95 Å². The molecule has 6 heteroatoms. The van der Waals surface area contributed by atoms with E-state index in [2.05, 4.69) is 10.2 Å². The number of nitrogens with zero attached hydrogens (tertiary/aromatic N) is 2. The quantitative estimate of drug-likeness (QED) is 0.489. The molecule has 0 radical (unpaired) electrons. The van der Waals surface area contributed by atoms with Gasteiger partial charge in [0, 0.05) is 7.05 Å². The summed E-state index contributed by atoms with van der Waals surface area (Å²) in [6.07, 6.45) is 0.768. The average Bonchev–Trinajstić information content (AvgIpc) is 2.31. The average molecular weight is 173 g/mol. The summed E-state index contributed by atoms with van der Waals surface area (Å²) < 4.78 is 1.36. The topological polar surface area (TPSA) is 67.8 Å². The Kier molecular flexibility index (Phi) is 2.48. The van der Waals surface area contributed by atoms with Crippen LogP contribution in [0, 0.1) is 0 Å². The maximum Gasteiger partial charge on any atom is 0.343 e. The van der Waals surface area contributed by atoms with E-state index in [4.69, 9.17) is 0 Å². The van der Waals surface area contributed by atoms with E-state index in [1.165, 1.54) is 16.3 Å². The van der Waals surface area contributed by atoms with E-state index in [-0.39, 0.29) is 5.69 Å². The molecular formula is C5H7N3O2S. The van der Waals surface area contributed by atoms with Crippen molar-refractivity contribution in [3.05, 3.63) is 10.5 Å². The number of nitrogens with one attached hydrogen (secondary N) is 1. The fourth-order valence-electron chi connectivity index (χ4n) is 0.570. The van der Waals surface area contributed by atoms with Crippen LogP contribution in [-0.2, 0) is 11.8 Å². The smallest absolute Gasteiger partial charge is 0.302 e. The normalized spacial score (nSPS) is 9.91. The van der Waals surface area contributed by atoms with E-state index in [1.807, 2.05) is 0 Å². The van der Waals surface area contributed by atoms with Gasteiger partial charge < -0.3 is 4.79 Å². The van der Waals surface area contributed by atoms with E-state index in [0.717, 1.165) is 6.29 Å². The number of hydrogen-bond donors (Lipinski definition) is 1. The van der Waals surface area contributed by atoms with Crippen LogP contribution in [0.25, 0.3) is 0 Å². The highest BCUT2D eigenvalue weighted by molar-refractivity contribution is 7.99. The van der Waals surface area contributed by atoms with Crippen molar-refractivity contribution in [1.29, 1.82) is 0 Å². The Bertz CT molecular complexity index is 303. The minimum Gasteiger partial charge on any atom is -0.302 e. The van der Waals surface area contributed by atoms with E-state index >= 15 is 0 Å². The minimum absolute atomic E-state index is 0.265. The Morgan fingerprint density at radius 3 is 3.00 bits per heavy atom. The van der Waals surface area contributed by atoms with Gasteiger partial charge in [0.2, 0.25) is 0 Å². The zero-order valence-corrected chi connectivity index (χ0v) is 6.72. The third kappa shape index (κ3) is 1.70. The molecule has 0 amide bonds. The van der Waals surface area contributed by atoms with E-state index < -0.39 is 0 Å². The van der Waals surface area contributed by atoms with Crippen LogP contribution in [0.4, 0.5) is 0 Å². The monoisotopic (exact) mass is 173 g/mol. The molecule has 0 aliphatic carbocycles. The first kappa shape index (κ1) is 8.06. The minimum atomic E-state index is -0.265. The van der Waals surface area contributed by atoms with E-state index in [1.54, 1.807) is 7.05 Å². The standard InChI is InChI=1S/C5H7N3O2S/c1-8-4(10)6-7-5(8)11-3-2-9/h2H,3H2,1H3,(H,6,10). The summed E-state index contributed by atoms with van der Waals surface area (Å²) in [7, 11) is 1.60. The lowest BCUT2D eigenvalue weighted by Crippen LogP contribution is -2.12. The lowest BCUT2D eigenvalue weighted by atomic mass is 10.9. The molecule has 0 spiro atoms. The lowest BCUT2D eigenvalue weighted by molar-refractivity contribution is -0.105. The number of H-pyrrole nitrogens is 1. The summed E-state index contributed by atoms with van der Waals surface area (Å²) in [6, 6.07) is 0. The number of rotatable bonds is 3. The summed E-state index contributed by atoms with van der Waals surface area (Å²) in [5.41, 5.74) is -0.265. The molecule has 0 saturated carbocycles. The molecule has 1 aromatic rings. The molecule has 60 valence electrons. The molecule has 0 aliphatic rings. The molecule has 0 aliphatic heterocycles.